The van der Waals surface area contributed by atoms with Crippen molar-refractivity contribution in [1.29, 1.82) is 0 Å². The molecule has 0 bridgehead atoms. The summed E-state index contributed by atoms with van der Waals surface area (Å²) in [4.78, 5) is 8.15. The molecule has 7 heteroatoms. The van der Waals surface area contributed by atoms with Crippen molar-refractivity contribution >= 4 is 21.5 Å². The van der Waals surface area contributed by atoms with Crippen LogP contribution in [0.3, 0.4) is 0 Å². The van der Waals surface area contributed by atoms with Crippen molar-refractivity contribution < 1.29 is 8.42 Å². The third-order valence-electron chi connectivity index (χ3n) is 3.45. The highest BCUT2D eigenvalue weighted by atomic mass is 32.2. The van der Waals surface area contributed by atoms with Gasteiger partial charge in [-0.15, -0.1) is 0 Å². The average molecular weight is 284 g/mol. The number of anilines is 2. The number of sulfone groups is 1. The van der Waals surface area contributed by atoms with Crippen LogP contribution in [-0.2, 0) is 9.84 Å². The fraction of sp³-hybridized carbons (Fsp3) is 0.667. The predicted octanol–water partition coefficient (Wildman–Crippen LogP) is 1.17. The van der Waals surface area contributed by atoms with E-state index in [0.29, 0.717) is 30.4 Å². The lowest BCUT2D eigenvalue weighted by molar-refractivity contribution is 0.591. The first-order valence-corrected chi connectivity index (χ1v) is 8.19. The number of aromatic nitrogens is 2. The van der Waals surface area contributed by atoms with Gasteiger partial charge in [0.25, 0.3) is 0 Å². The fourth-order valence-electron chi connectivity index (χ4n) is 2.42. The lowest BCUT2D eigenvalue weighted by Crippen LogP contribution is -2.26. The molecular weight excluding hydrogens is 264 g/mol. The van der Waals surface area contributed by atoms with Gasteiger partial charge in [-0.25, -0.2) is 18.4 Å². The molecule has 0 amide bonds. The molecule has 19 heavy (non-hydrogen) atoms. The predicted molar refractivity (Wildman–Crippen MR) is 75.8 cm³/mol. The number of nitrogens with one attached hydrogen (secondary N) is 1. The first-order chi connectivity index (χ1) is 8.92. The zero-order valence-corrected chi connectivity index (χ0v) is 12.1. The van der Waals surface area contributed by atoms with Gasteiger partial charge in [0, 0.05) is 12.1 Å². The Balaban J connectivity index is 2.14. The lowest BCUT2D eigenvalue weighted by atomic mass is 10.0. The summed E-state index contributed by atoms with van der Waals surface area (Å²) in [5.74, 6) is 1.57. The van der Waals surface area contributed by atoms with E-state index in [1.165, 1.54) is 6.33 Å². The standard InChI is InChI=1S/C12H20N4O2S/c1-8(2)10-11(13)15-7-16-12(10)14-6-9-4-3-5-19(9,17)18/h7-9H,3-6H2,1-2H3,(H3,13,14,15,16). The molecule has 1 aliphatic heterocycles. The maximum atomic E-state index is 11.8. The van der Waals surface area contributed by atoms with Crippen molar-refractivity contribution in [3.8, 4) is 0 Å². The highest BCUT2D eigenvalue weighted by Crippen LogP contribution is 2.27. The number of hydrogen-bond acceptors (Lipinski definition) is 6. The molecule has 2 rings (SSSR count). The van der Waals surface area contributed by atoms with E-state index >= 15 is 0 Å². The van der Waals surface area contributed by atoms with E-state index < -0.39 is 9.84 Å². The van der Waals surface area contributed by atoms with Gasteiger partial charge in [0.1, 0.15) is 18.0 Å². The van der Waals surface area contributed by atoms with Crippen LogP contribution in [0.4, 0.5) is 11.6 Å². The molecule has 0 saturated carbocycles. The second kappa shape index (κ2) is 5.32. The number of hydrogen-bond donors (Lipinski definition) is 2. The molecule has 0 aliphatic carbocycles. The minimum Gasteiger partial charge on any atom is -0.383 e. The summed E-state index contributed by atoms with van der Waals surface area (Å²) in [7, 11) is -2.94. The molecule has 1 fully saturated rings. The maximum absolute atomic E-state index is 11.8. The Bertz CT molecular complexity index is 557. The first-order valence-electron chi connectivity index (χ1n) is 6.47. The molecule has 1 aliphatic rings. The molecule has 0 aromatic carbocycles. The Labute approximate surface area is 113 Å². The first kappa shape index (κ1) is 14.0. The minimum absolute atomic E-state index is 0.184. The summed E-state index contributed by atoms with van der Waals surface area (Å²) in [6, 6.07) is 0. The van der Waals surface area contributed by atoms with Crippen LogP contribution in [0.15, 0.2) is 6.33 Å². The van der Waals surface area contributed by atoms with Crippen molar-refractivity contribution in [3.63, 3.8) is 0 Å². The maximum Gasteiger partial charge on any atom is 0.154 e. The van der Waals surface area contributed by atoms with E-state index in [1.54, 1.807) is 0 Å². The van der Waals surface area contributed by atoms with Gasteiger partial charge in [0.2, 0.25) is 0 Å². The largest absolute Gasteiger partial charge is 0.383 e. The van der Waals surface area contributed by atoms with Gasteiger partial charge in [0.05, 0.1) is 11.0 Å². The molecule has 1 unspecified atom stereocenters. The van der Waals surface area contributed by atoms with Crippen LogP contribution in [0.2, 0.25) is 0 Å². The highest BCUT2D eigenvalue weighted by molar-refractivity contribution is 7.92. The van der Waals surface area contributed by atoms with E-state index in [9.17, 15) is 8.42 Å². The Hall–Kier alpha value is -1.37. The number of nitrogens with two attached hydrogens (primary N) is 1. The topological polar surface area (TPSA) is 98.0 Å². The van der Waals surface area contributed by atoms with Crippen LogP contribution in [-0.4, -0.2) is 35.9 Å². The molecule has 3 N–H and O–H groups in total. The summed E-state index contributed by atoms with van der Waals surface area (Å²) in [5.41, 5.74) is 6.70. The Morgan fingerprint density at radius 2 is 2.21 bits per heavy atom. The number of nitrogens with zero attached hydrogens (tertiary/aromatic N) is 2. The zero-order valence-electron chi connectivity index (χ0n) is 11.3. The summed E-state index contributed by atoms with van der Waals surface area (Å²) >= 11 is 0. The SMILES string of the molecule is CC(C)c1c(N)ncnc1NCC1CCCS1(=O)=O. The van der Waals surface area contributed by atoms with Gasteiger partial charge in [0.15, 0.2) is 9.84 Å². The van der Waals surface area contributed by atoms with Crippen LogP contribution in [0, 0.1) is 0 Å². The van der Waals surface area contributed by atoms with Gasteiger partial charge in [-0.1, -0.05) is 13.8 Å². The quantitative estimate of drug-likeness (QED) is 0.861. The third kappa shape index (κ3) is 2.97. The van der Waals surface area contributed by atoms with E-state index in [2.05, 4.69) is 15.3 Å². The second-order valence-electron chi connectivity index (χ2n) is 5.19. The van der Waals surface area contributed by atoms with Crippen molar-refractivity contribution in [2.75, 3.05) is 23.3 Å². The van der Waals surface area contributed by atoms with Gasteiger partial charge in [-0.2, -0.15) is 0 Å². The molecular formula is C12H20N4O2S. The van der Waals surface area contributed by atoms with E-state index in [0.717, 1.165) is 12.0 Å². The highest BCUT2D eigenvalue weighted by Gasteiger charge is 2.31. The van der Waals surface area contributed by atoms with E-state index in [1.807, 2.05) is 13.8 Å². The molecule has 0 spiro atoms. The second-order valence-corrected chi connectivity index (χ2v) is 7.59. The Morgan fingerprint density at radius 1 is 1.47 bits per heavy atom. The van der Waals surface area contributed by atoms with Crippen LogP contribution >= 0.6 is 0 Å². The van der Waals surface area contributed by atoms with Crippen molar-refractivity contribution in [1.82, 2.24) is 9.97 Å². The molecule has 1 aromatic heterocycles. The van der Waals surface area contributed by atoms with Gasteiger partial charge >= 0.3 is 0 Å². The smallest absolute Gasteiger partial charge is 0.154 e. The number of nitrogen functional groups attached to an aromatic ring is 1. The van der Waals surface area contributed by atoms with Crippen LogP contribution in [0.1, 0.15) is 38.2 Å². The normalized spacial score (nSPS) is 21.7. The molecule has 1 atom stereocenters. The van der Waals surface area contributed by atoms with Gasteiger partial charge < -0.3 is 11.1 Å². The fourth-order valence-corrected chi connectivity index (χ4v) is 4.18. The molecule has 0 radical (unpaired) electrons. The van der Waals surface area contributed by atoms with Crippen LogP contribution in [0.25, 0.3) is 0 Å². The van der Waals surface area contributed by atoms with Gasteiger partial charge in [-0.3, -0.25) is 0 Å². The van der Waals surface area contributed by atoms with Crippen LogP contribution in [0.5, 0.6) is 0 Å². The monoisotopic (exact) mass is 284 g/mol. The summed E-state index contributed by atoms with van der Waals surface area (Å²) in [6.45, 7) is 4.40. The van der Waals surface area contributed by atoms with E-state index in [-0.39, 0.29) is 11.2 Å². The lowest BCUT2D eigenvalue weighted by Gasteiger charge is -2.16. The third-order valence-corrected chi connectivity index (χ3v) is 5.73. The minimum atomic E-state index is -2.94. The summed E-state index contributed by atoms with van der Waals surface area (Å²) < 4.78 is 23.5. The summed E-state index contributed by atoms with van der Waals surface area (Å²) in [6.07, 6.45) is 2.86. The van der Waals surface area contributed by atoms with Crippen molar-refractivity contribution in [2.24, 2.45) is 0 Å². The van der Waals surface area contributed by atoms with Crippen molar-refractivity contribution in [2.45, 2.75) is 37.9 Å². The Kier molecular flexibility index (Phi) is 3.93. The average Bonchev–Trinajstić information content (AvgIpc) is 2.65. The molecule has 2 heterocycles. The molecule has 6 nitrogen and oxygen atoms in total. The molecule has 1 aromatic rings. The van der Waals surface area contributed by atoms with Crippen molar-refractivity contribution in [3.05, 3.63) is 11.9 Å². The van der Waals surface area contributed by atoms with Crippen LogP contribution < -0.4 is 11.1 Å². The van der Waals surface area contributed by atoms with E-state index in [4.69, 9.17) is 5.73 Å². The summed E-state index contributed by atoms with van der Waals surface area (Å²) in [5, 5.41) is 2.81. The zero-order chi connectivity index (χ0) is 14.0. The van der Waals surface area contributed by atoms with Gasteiger partial charge in [-0.05, 0) is 18.8 Å². The Morgan fingerprint density at radius 3 is 2.79 bits per heavy atom. The number of rotatable bonds is 4. The molecule has 1 saturated heterocycles. The molecule has 106 valence electrons.